The summed E-state index contributed by atoms with van der Waals surface area (Å²) in [4.78, 5) is 12.1. The molecule has 0 aliphatic carbocycles. The zero-order valence-electron chi connectivity index (χ0n) is 12.6. The second-order valence-corrected chi connectivity index (χ2v) is 4.94. The molecule has 124 valence electrons. The zero-order chi connectivity index (χ0) is 18.4. The highest BCUT2D eigenvalue weighted by molar-refractivity contribution is 6.09. The minimum atomic E-state index is -4.53. The molecular weight excluding hydrogens is 331 g/mol. The molecule has 0 bridgehead atoms. The quantitative estimate of drug-likeness (QED) is 0.674. The average Bonchev–Trinajstić information content (AvgIpc) is 2.59. The third kappa shape index (κ3) is 4.69. The highest BCUT2D eigenvalue weighted by atomic mass is 19.4. The fraction of sp³-hybridized carbons (Fsp3) is 0.0556. The van der Waals surface area contributed by atoms with Gasteiger partial charge in [0.05, 0.1) is 17.2 Å². The Morgan fingerprint density at radius 2 is 1.76 bits per heavy atom. The molecular formula is C18H10F3N3O. The average molecular weight is 341 g/mol. The summed E-state index contributed by atoms with van der Waals surface area (Å²) in [5.74, 6) is -0.828. The molecule has 1 N–H and O–H groups in total. The molecule has 0 spiro atoms. The van der Waals surface area contributed by atoms with Crippen molar-refractivity contribution >= 4 is 17.7 Å². The lowest BCUT2D eigenvalue weighted by atomic mass is 10.1. The van der Waals surface area contributed by atoms with E-state index < -0.39 is 17.6 Å². The van der Waals surface area contributed by atoms with E-state index >= 15 is 0 Å². The van der Waals surface area contributed by atoms with Crippen LogP contribution in [-0.2, 0) is 11.0 Å². The summed E-state index contributed by atoms with van der Waals surface area (Å²) in [6.07, 6.45) is -3.25. The van der Waals surface area contributed by atoms with Crippen LogP contribution in [0, 0.1) is 22.7 Å². The standard InChI is InChI=1S/C18H10F3N3O/c19-18(20,21)15-2-1-3-16(9-15)24-17(25)14(11-23)8-12-4-6-13(10-22)7-5-12/h1-9H,(H,24,25)/b14-8+. The van der Waals surface area contributed by atoms with Crippen LogP contribution in [0.1, 0.15) is 16.7 Å². The fourth-order valence-corrected chi connectivity index (χ4v) is 1.94. The van der Waals surface area contributed by atoms with Gasteiger partial charge in [0, 0.05) is 5.69 Å². The smallest absolute Gasteiger partial charge is 0.321 e. The van der Waals surface area contributed by atoms with E-state index in [0.29, 0.717) is 11.1 Å². The van der Waals surface area contributed by atoms with Gasteiger partial charge < -0.3 is 5.32 Å². The largest absolute Gasteiger partial charge is 0.416 e. The summed E-state index contributed by atoms with van der Waals surface area (Å²) in [6.45, 7) is 0. The van der Waals surface area contributed by atoms with Gasteiger partial charge in [0.2, 0.25) is 0 Å². The first-order valence-electron chi connectivity index (χ1n) is 6.94. The number of anilines is 1. The Kier molecular flexibility index (Phi) is 5.21. The van der Waals surface area contributed by atoms with Crippen molar-refractivity contribution in [2.45, 2.75) is 6.18 Å². The van der Waals surface area contributed by atoms with E-state index in [1.807, 2.05) is 6.07 Å². The minimum absolute atomic E-state index is 0.0687. The topological polar surface area (TPSA) is 76.7 Å². The van der Waals surface area contributed by atoms with E-state index in [2.05, 4.69) is 5.32 Å². The summed E-state index contributed by atoms with van der Waals surface area (Å²) < 4.78 is 38.0. The Hall–Kier alpha value is -3.58. The number of hydrogen-bond acceptors (Lipinski definition) is 3. The molecule has 0 aliphatic rings. The summed E-state index contributed by atoms with van der Waals surface area (Å²) in [5.41, 5.74) is -0.318. The van der Waals surface area contributed by atoms with E-state index in [4.69, 9.17) is 10.5 Å². The van der Waals surface area contributed by atoms with Gasteiger partial charge in [0.25, 0.3) is 5.91 Å². The van der Waals surface area contributed by atoms with E-state index in [-0.39, 0.29) is 11.3 Å². The van der Waals surface area contributed by atoms with Crippen LogP contribution >= 0.6 is 0 Å². The minimum Gasteiger partial charge on any atom is -0.321 e. The number of benzene rings is 2. The molecule has 2 aromatic rings. The first kappa shape index (κ1) is 17.8. The Labute approximate surface area is 141 Å². The van der Waals surface area contributed by atoms with Crippen LogP contribution in [-0.4, -0.2) is 5.91 Å². The molecule has 1 amide bonds. The number of nitrogens with one attached hydrogen (secondary N) is 1. The van der Waals surface area contributed by atoms with Crippen LogP contribution in [0.4, 0.5) is 18.9 Å². The van der Waals surface area contributed by atoms with Crippen LogP contribution in [0.3, 0.4) is 0 Å². The number of amides is 1. The van der Waals surface area contributed by atoms with E-state index in [0.717, 1.165) is 18.2 Å². The number of nitrogens with zero attached hydrogens (tertiary/aromatic N) is 2. The van der Waals surface area contributed by atoms with Crippen molar-refractivity contribution in [2.24, 2.45) is 0 Å². The van der Waals surface area contributed by atoms with Crippen LogP contribution < -0.4 is 5.32 Å². The lowest BCUT2D eigenvalue weighted by Gasteiger charge is -2.09. The second kappa shape index (κ2) is 7.33. The summed E-state index contributed by atoms with van der Waals surface area (Å²) in [6, 6.07) is 13.9. The molecule has 0 aliphatic heterocycles. The number of hydrogen-bond donors (Lipinski definition) is 1. The second-order valence-electron chi connectivity index (χ2n) is 4.94. The number of nitriles is 2. The highest BCUT2D eigenvalue weighted by Crippen LogP contribution is 2.30. The Balaban J connectivity index is 2.22. The van der Waals surface area contributed by atoms with Crippen LogP contribution in [0.15, 0.2) is 54.1 Å². The maximum atomic E-state index is 12.7. The Morgan fingerprint density at radius 1 is 1.08 bits per heavy atom. The maximum Gasteiger partial charge on any atom is 0.416 e. The molecule has 0 saturated carbocycles. The van der Waals surface area contributed by atoms with Crippen molar-refractivity contribution in [1.82, 2.24) is 0 Å². The number of rotatable bonds is 3. The highest BCUT2D eigenvalue weighted by Gasteiger charge is 2.30. The molecule has 0 fully saturated rings. The monoisotopic (exact) mass is 341 g/mol. The van der Waals surface area contributed by atoms with Gasteiger partial charge in [-0.05, 0) is 42.0 Å². The number of alkyl halides is 3. The first-order chi connectivity index (χ1) is 11.8. The van der Waals surface area contributed by atoms with Gasteiger partial charge in [-0.2, -0.15) is 23.7 Å². The number of carbonyl (C=O) groups excluding carboxylic acids is 1. The number of carbonyl (C=O) groups is 1. The van der Waals surface area contributed by atoms with Crippen molar-refractivity contribution < 1.29 is 18.0 Å². The van der Waals surface area contributed by atoms with Gasteiger partial charge in [-0.25, -0.2) is 0 Å². The van der Waals surface area contributed by atoms with Crippen molar-refractivity contribution in [3.8, 4) is 12.1 Å². The molecule has 2 rings (SSSR count). The predicted octanol–water partition coefficient (Wildman–Crippen LogP) is 4.12. The molecule has 0 heterocycles. The first-order valence-corrected chi connectivity index (χ1v) is 6.94. The normalized spacial score (nSPS) is 11.3. The van der Waals surface area contributed by atoms with Gasteiger partial charge in [-0.3, -0.25) is 4.79 Å². The molecule has 0 aromatic heterocycles. The molecule has 2 aromatic carbocycles. The van der Waals surface area contributed by atoms with Gasteiger partial charge in [0.15, 0.2) is 0 Å². The molecule has 7 heteroatoms. The Bertz CT molecular complexity index is 901. The summed E-state index contributed by atoms with van der Waals surface area (Å²) >= 11 is 0. The van der Waals surface area contributed by atoms with E-state index in [9.17, 15) is 18.0 Å². The predicted molar refractivity (Wildman–Crippen MR) is 84.8 cm³/mol. The summed E-state index contributed by atoms with van der Waals surface area (Å²) in [7, 11) is 0. The van der Waals surface area contributed by atoms with Gasteiger partial charge in [-0.1, -0.05) is 18.2 Å². The number of halogens is 3. The lowest BCUT2D eigenvalue weighted by molar-refractivity contribution is -0.137. The van der Waals surface area contributed by atoms with Gasteiger partial charge >= 0.3 is 6.18 Å². The van der Waals surface area contributed by atoms with Crippen molar-refractivity contribution in [2.75, 3.05) is 5.32 Å². The van der Waals surface area contributed by atoms with Gasteiger partial charge in [-0.15, -0.1) is 0 Å². The maximum absolute atomic E-state index is 12.7. The lowest BCUT2D eigenvalue weighted by Crippen LogP contribution is -2.14. The molecule has 0 radical (unpaired) electrons. The van der Waals surface area contributed by atoms with Crippen LogP contribution in [0.2, 0.25) is 0 Å². The molecule has 0 saturated heterocycles. The van der Waals surface area contributed by atoms with Crippen LogP contribution in [0.5, 0.6) is 0 Å². The molecule has 0 unspecified atom stereocenters. The van der Waals surface area contributed by atoms with Gasteiger partial charge in [0.1, 0.15) is 11.6 Å². The molecule has 4 nitrogen and oxygen atoms in total. The molecule has 25 heavy (non-hydrogen) atoms. The SMILES string of the molecule is N#C/C(=C\c1ccc(C#N)cc1)C(=O)Nc1cccc(C(F)(F)F)c1. The zero-order valence-corrected chi connectivity index (χ0v) is 12.6. The fourth-order valence-electron chi connectivity index (χ4n) is 1.94. The van der Waals surface area contributed by atoms with Crippen molar-refractivity contribution in [3.63, 3.8) is 0 Å². The Morgan fingerprint density at radius 3 is 2.32 bits per heavy atom. The molecule has 0 atom stereocenters. The summed E-state index contributed by atoms with van der Waals surface area (Å²) in [5, 5.41) is 20.1. The third-order valence-corrected chi connectivity index (χ3v) is 3.16. The van der Waals surface area contributed by atoms with Crippen molar-refractivity contribution in [3.05, 3.63) is 70.8 Å². The van der Waals surface area contributed by atoms with E-state index in [1.54, 1.807) is 18.2 Å². The van der Waals surface area contributed by atoms with Crippen molar-refractivity contribution in [1.29, 1.82) is 10.5 Å². The van der Waals surface area contributed by atoms with Crippen LogP contribution in [0.25, 0.3) is 6.08 Å². The van der Waals surface area contributed by atoms with E-state index in [1.165, 1.54) is 24.3 Å². The third-order valence-electron chi connectivity index (χ3n) is 3.16.